The summed E-state index contributed by atoms with van der Waals surface area (Å²) in [5.74, 6) is 3.56. The van der Waals surface area contributed by atoms with Gasteiger partial charge in [-0.1, -0.05) is 6.07 Å². The first-order chi connectivity index (χ1) is 13.7. The summed E-state index contributed by atoms with van der Waals surface area (Å²) in [6, 6.07) is 6.42. The van der Waals surface area contributed by atoms with Gasteiger partial charge in [0.15, 0.2) is 11.8 Å². The number of aryl methyl sites for hydroxylation is 1. The van der Waals surface area contributed by atoms with Gasteiger partial charge >= 0.3 is 0 Å². The maximum absolute atomic E-state index is 5.15. The molecule has 1 saturated heterocycles. The standard InChI is InChI=1S/C19H30N8O/c1-15-24-25-18(26(15)2)14-22-19(21-10-13-28-3)23-16-7-11-27(12-8-16)17-6-4-5-9-20-17/h4-6,9,16H,7-8,10-14H2,1-3H3,(H2,21,22,23). The minimum atomic E-state index is 0.370. The smallest absolute Gasteiger partial charge is 0.192 e. The van der Waals surface area contributed by atoms with Crippen LogP contribution < -0.4 is 15.5 Å². The molecule has 2 aromatic rings. The Morgan fingerprint density at radius 3 is 2.75 bits per heavy atom. The van der Waals surface area contributed by atoms with Crippen LogP contribution in [0.2, 0.25) is 0 Å². The van der Waals surface area contributed by atoms with Crippen LogP contribution >= 0.6 is 0 Å². The number of anilines is 1. The van der Waals surface area contributed by atoms with E-state index in [4.69, 9.17) is 9.73 Å². The van der Waals surface area contributed by atoms with Crippen molar-refractivity contribution in [1.29, 1.82) is 0 Å². The van der Waals surface area contributed by atoms with Crippen molar-refractivity contribution < 1.29 is 4.74 Å². The average Bonchev–Trinajstić information content (AvgIpc) is 3.05. The molecule has 0 aromatic carbocycles. The minimum Gasteiger partial charge on any atom is -0.383 e. The van der Waals surface area contributed by atoms with Gasteiger partial charge in [-0.25, -0.2) is 9.98 Å². The topological polar surface area (TPSA) is 92.5 Å². The normalized spacial score (nSPS) is 15.7. The molecular weight excluding hydrogens is 356 g/mol. The summed E-state index contributed by atoms with van der Waals surface area (Å²) >= 11 is 0. The third-order valence-corrected chi connectivity index (χ3v) is 4.97. The third-order valence-electron chi connectivity index (χ3n) is 4.97. The van der Waals surface area contributed by atoms with E-state index in [2.05, 4.69) is 36.8 Å². The Morgan fingerprint density at radius 1 is 1.29 bits per heavy atom. The molecule has 0 saturated carbocycles. The number of piperidine rings is 1. The Hall–Kier alpha value is -2.68. The number of ether oxygens (including phenoxy) is 1. The zero-order valence-corrected chi connectivity index (χ0v) is 16.9. The number of methoxy groups -OCH3 is 1. The lowest BCUT2D eigenvalue weighted by Crippen LogP contribution is -2.49. The van der Waals surface area contributed by atoms with Gasteiger partial charge < -0.3 is 24.8 Å². The van der Waals surface area contributed by atoms with Gasteiger partial charge in [-0.2, -0.15) is 0 Å². The summed E-state index contributed by atoms with van der Waals surface area (Å²) in [5, 5.41) is 15.2. The average molecular weight is 387 g/mol. The molecule has 9 heteroatoms. The highest BCUT2D eigenvalue weighted by atomic mass is 16.5. The van der Waals surface area contributed by atoms with Gasteiger partial charge in [0.1, 0.15) is 18.2 Å². The predicted octanol–water partition coefficient (Wildman–Crippen LogP) is 0.869. The van der Waals surface area contributed by atoms with Crippen molar-refractivity contribution >= 4 is 11.8 Å². The van der Waals surface area contributed by atoms with E-state index in [0.717, 1.165) is 49.4 Å². The Balaban J connectivity index is 1.56. The molecule has 9 nitrogen and oxygen atoms in total. The number of hydrogen-bond acceptors (Lipinski definition) is 6. The molecule has 0 unspecified atom stereocenters. The molecule has 28 heavy (non-hydrogen) atoms. The first kappa shape index (κ1) is 20.1. The second-order valence-electron chi connectivity index (χ2n) is 6.90. The summed E-state index contributed by atoms with van der Waals surface area (Å²) < 4.78 is 7.11. The second kappa shape index (κ2) is 10.0. The van der Waals surface area contributed by atoms with Crippen LogP contribution in [0, 0.1) is 6.92 Å². The van der Waals surface area contributed by atoms with E-state index in [-0.39, 0.29) is 0 Å². The van der Waals surface area contributed by atoms with Gasteiger partial charge in [0.25, 0.3) is 0 Å². The lowest BCUT2D eigenvalue weighted by Gasteiger charge is -2.33. The van der Waals surface area contributed by atoms with Crippen LogP contribution in [0.15, 0.2) is 29.4 Å². The summed E-state index contributed by atoms with van der Waals surface area (Å²) in [4.78, 5) is 11.5. The van der Waals surface area contributed by atoms with Gasteiger partial charge in [0.05, 0.1) is 6.61 Å². The fourth-order valence-electron chi connectivity index (χ4n) is 3.15. The third kappa shape index (κ3) is 5.41. The van der Waals surface area contributed by atoms with E-state index in [1.54, 1.807) is 7.11 Å². The van der Waals surface area contributed by atoms with E-state index < -0.39 is 0 Å². The molecular formula is C19H30N8O. The summed E-state index contributed by atoms with van der Waals surface area (Å²) in [6.07, 6.45) is 3.91. The number of aromatic nitrogens is 4. The van der Waals surface area contributed by atoms with Crippen molar-refractivity contribution in [3.63, 3.8) is 0 Å². The minimum absolute atomic E-state index is 0.370. The van der Waals surface area contributed by atoms with E-state index in [1.165, 1.54) is 0 Å². The molecule has 1 aliphatic heterocycles. The Labute approximate surface area is 166 Å². The van der Waals surface area contributed by atoms with Gasteiger partial charge in [-0.05, 0) is 31.9 Å². The molecule has 0 spiro atoms. The lowest BCUT2D eigenvalue weighted by molar-refractivity contribution is 0.203. The molecule has 0 bridgehead atoms. The Morgan fingerprint density at radius 2 is 2.11 bits per heavy atom. The zero-order chi connectivity index (χ0) is 19.8. The van der Waals surface area contributed by atoms with Crippen LogP contribution in [0.25, 0.3) is 0 Å². The quantitative estimate of drug-likeness (QED) is 0.414. The molecule has 1 fully saturated rings. The zero-order valence-electron chi connectivity index (χ0n) is 16.9. The highest BCUT2D eigenvalue weighted by Gasteiger charge is 2.21. The van der Waals surface area contributed by atoms with Crippen molar-refractivity contribution in [3.05, 3.63) is 36.0 Å². The van der Waals surface area contributed by atoms with Crippen LogP contribution in [-0.2, 0) is 18.3 Å². The largest absolute Gasteiger partial charge is 0.383 e. The van der Waals surface area contributed by atoms with Crippen LogP contribution in [-0.4, -0.2) is 65.1 Å². The van der Waals surface area contributed by atoms with Crippen LogP contribution in [0.1, 0.15) is 24.5 Å². The number of aliphatic imine (C=N–C) groups is 1. The summed E-state index contributed by atoms with van der Waals surface area (Å²) in [7, 11) is 3.65. The van der Waals surface area contributed by atoms with Crippen LogP contribution in [0.4, 0.5) is 5.82 Å². The van der Waals surface area contributed by atoms with Crippen LogP contribution in [0.3, 0.4) is 0 Å². The van der Waals surface area contributed by atoms with Gasteiger partial charge in [0, 0.05) is 46.0 Å². The highest BCUT2D eigenvalue weighted by molar-refractivity contribution is 5.80. The lowest BCUT2D eigenvalue weighted by atomic mass is 10.1. The monoisotopic (exact) mass is 386 g/mol. The van der Waals surface area contributed by atoms with E-state index in [0.29, 0.717) is 25.7 Å². The van der Waals surface area contributed by atoms with E-state index in [9.17, 15) is 0 Å². The number of hydrogen-bond donors (Lipinski definition) is 2. The molecule has 0 amide bonds. The molecule has 3 heterocycles. The molecule has 0 aliphatic carbocycles. The van der Waals surface area contributed by atoms with Crippen molar-refractivity contribution in [2.45, 2.75) is 32.4 Å². The molecule has 2 aromatic heterocycles. The maximum Gasteiger partial charge on any atom is 0.192 e. The van der Waals surface area contributed by atoms with Crippen molar-refractivity contribution in [2.75, 3.05) is 38.3 Å². The number of nitrogens with one attached hydrogen (secondary N) is 2. The Kier molecular flexibility index (Phi) is 7.18. The SMILES string of the molecule is COCCNC(=NCc1nnc(C)n1C)NC1CCN(c2ccccn2)CC1. The van der Waals surface area contributed by atoms with Gasteiger partial charge in [-0.15, -0.1) is 10.2 Å². The second-order valence-corrected chi connectivity index (χ2v) is 6.90. The summed E-state index contributed by atoms with van der Waals surface area (Å²) in [6.45, 7) is 5.69. The first-order valence-corrected chi connectivity index (χ1v) is 9.72. The fraction of sp³-hybridized carbons (Fsp3) is 0.579. The molecule has 1 aliphatic rings. The molecule has 0 atom stereocenters. The number of guanidine groups is 1. The fourth-order valence-corrected chi connectivity index (χ4v) is 3.15. The molecule has 152 valence electrons. The van der Waals surface area contributed by atoms with E-state index in [1.807, 2.05) is 36.9 Å². The highest BCUT2D eigenvalue weighted by Crippen LogP contribution is 2.17. The van der Waals surface area contributed by atoms with Crippen molar-refractivity contribution in [3.8, 4) is 0 Å². The molecule has 2 N–H and O–H groups in total. The number of rotatable bonds is 7. The number of pyridine rings is 1. The molecule has 3 rings (SSSR count). The first-order valence-electron chi connectivity index (χ1n) is 9.72. The predicted molar refractivity (Wildman–Crippen MR) is 109 cm³/mol. The van der Waals surface area contributed by atoms with Gasteiger partial charge in [-0.3, -0.25) is 0 Å². The van der Waals surface area contributed by atoms with E-state index >= 15 is 0 Å². The maximum atomic E-state index is 5.15. The summed E-state index contributed by atoms with van der Waals surface area (Å²) in [5.41, 5.74) is 0. The van der Waals surface area contributed by atoms with Crippen molar-refractivity contribution in [1.82, 2.24) is 30.4 Å². The Bertz CT molecular complexity index is 753. The van der Waals surface area contributed by atoms with Crippen molar-refractivity contribution in [2.24, 2.45) is 12.0 Å². The van der Waals surface area contributed by atoms with Crippen LogP contribution in [0.5, 0.6) is 0 Å². The van der Waals surface area contributed by atoms with Gasteiger partial charge in [0.2, 0.25) is 0 Å². The molecule has 0 radical (unpaired) electrons. The number of nitrogens with zero attached hydrogens (tertiary/aromatic N) is 6.